The molecule has 1 saturated carbocycles. The molecule has 0 bridgehead atoms. The topological polar surface area (TPSA) is 3.24 Å². The van der Waals surface area contributed by atoms with Gasteiger partial charge in [-0.1, -0.05) is 18.9 Å². The second-order valence-corrected chi connectivity index (χ2v) is 6.71. The molecule has 0 unspecified atom stereocenters. The fourth-order valence-electron chi connectivity index (χ4n) is 3.89. The number of rotatable bonds is 2. The molecule has 1 saturated heterocycles. The third-order valence-corrected chi connectivity index (χ3v) is 5.61. The average molecular weight is 278 g/mol. The highest BCUT2D eigenvalue weighted by atomic mass is 35.5. The fourth-order valence-corrected chi connectivity index (χ4v) is 4.19. The molecule has 0 aromatic heterocycles. The quantitative estimate of drug-likeness (QED) is 0.696. The van der Waals surface area contributed by atoms with Gasteiger partial charge in [-0.2, -0.15) is 0 Å². The van der Waals surface area contributed by atoms with E-state index in [1.54, 1.807) is 0 Å². The third kappa shape index (κ3) is 2.63. The lowest BCUT2D eigenvalue weighted by atomic mass is 9.77. The molecule has 0 N–H and O–H groups in total. The SMILES string of the molecule is Cc1cc(N2CCC3(CCCC3)CC2)ccc1CCl. The highest BCUT2D eigenvalue weighted by Crippen LogP contribution is 2.46. The lowest BCUT2D eigenvalue weighted by molar-refractivity contribution is 0.226. The number of aryl methyl sites for hydroxylation is 1. The highest BCUT2D eigenvalue weighted by molar-refractivity contribution is 6.17. The van der Waals surface area contributed by atoms with Gasteiger partial charge in [-0.3, -0.25) is 0 Å². The van der Waals surface area contributed by atoms with E-state index in [1.807, 2.05) is 0 Å². The van der Waals surface area contributed by atoms with Crippen molar-refractivity contribution >= 4 is 17.3 Å². The lowest BCUT2D eigenvalue weighted by Gasteiger charge is -2.40. The van der Waals surface area contributed by atoms with Crippen molar-refractivity contribution in [2.45, 2.75) is 51.3 Å². The second kappa shape index (κ2) is 5.36. The van der Waals surface area contributed by atoms with Crippen LogP contribution in [0.2, 0.25) is 0 Å². The van der Waals surface area contributed by atoms with E-state index in [-0.39, 0.29) is 0 Å². The summed E-state index contributed by atoms with van der Waals surface area (Å²) in [5.41, 5.74) is 4.68. The van der Waals surface area contributed by atoms with Gasteiger partial charge < -0.3 is 4.90 Å². The molecule has 1 aliphatic heterocycles. The Morgan fingerprint density at radius 3 is 2.37 bits per heavy atom. The summed E-state index contributed by atoms with van der Waals surface area (Å²) < 4.78 is 0. The number of alkyl halides is 1. The van der Waals surface area contributed by atoms with Crippen LogP contribution in [0.4, 0.5) is 5.69 Å². The van der Waals surface area contributed by atoms with Gasteiger partial charge in [0.05, 0.1) is 0 Å². The van der Waals surface area contributed by atoms with Crippen LogP contribution < -0.4 is 4.90 Å². The van der Waals surface area contributed by atoms with Crippen LogP contribution in [0, 0.1) is 12.3 Å². The van der Waals surface area contributed by atoms with Gasteiger partial charge in [-0.05, 0) is 61.3 Å². The predicted octanol–water partition coefficient (Wildman–Crippen LogP) is 4.89. The molecule has 2 aliphatic rings. The summed E-state index contributed by atoms with van der Waals surface area (Å²) in [5.74, 6) is 0.620. The van der Waals surface area contributed by atoms with Crippen LogP contribution in [0.15, 0.2) is 18.2 Å². The van der Waals surface area contributed by atoms with Gasteiger partial charge in [0.25, 0.3) is 0 Å². The Labute approximate surface area is 121 Å². The summed E-state index contributed by atoms with van der Waals surface area (Å²) in [5, 5.41) is 0. The van der Waals surface area contributed by atoms with Crippen LogP contribution in [0.1, 0.15) is 49.7 Å². The van der Waals surface area contributed by atoms with E-state index in [2.05, 4.69) is 30.0 Å². The predicted molar refractivity (Wildman–Crippen MR) is 83.1 cm³/mol. The van der Waals surface area contributed by atoms with Crippen LogP contribution in [0.5, 0.6) is 0 Å². The second-order valence-electron chi connectivity index (χ2n) is 6.44. The molecule has 19 heavy (non-hydrogen) atoms. The largest absolute Gasteiger partial charge is 0.371 e. The van der Waals surface area contributed by atoms with Gasteiger partial charge in [0.2, 0.25) is 0 Å². The molecule has 104 valence electrons. The van der Waals surface area contributed by atoms with Gasteiger partial charge in [0, 0.05) is 24.7 Å². The molecule has 2 heteroatoms. The zero-order valence-corrected chi connectivity index (χ0v) is 12.7. The van der Waals surface area contributed by atoms with Gasteiger partial charge >= 0.3 is 0 Å². The Hall–Kier alpha value is -0.690. The average Bonchev–Trinajstić information content (AvgIpc) is 2.88. The summed E-state index contributed by atoms with van der Waals surface area (Å²) in [4.78, 5) is 2.56. The number of nitrogens with zero attached hydrogens (tertiary/aromatic N) is 1. The Morgan fingerprint density at radius 2 is 1.79 bits per heavy atom. The van der Waals surface area contributed by atoms with E-state index in [9.17, 15) is 0 Å². The summed E-state index contributed by atoms with van der Waals surface area (Å²) in [7, 11) is 0. The molecule has 0 radical (unpaired) electrons. The molecular weight excluding hydrogens is 254 g/mol. The van der Waals surface area contributed by atoms with E-state index in [0.717, 1.165) is 0 Å². The monoisotopic (exact) mass is 277 g/mol. The Bertz CT molecular complexity index is 439. The first-order valence-electron chi connectivity index (χ1n) is 7.63. The first-order chi connectivity index (χ1) is 9.22. The number of anilines is 1. The molecule has 1 heterocycles. The van der Waals surface area contributed by atoms with Gasteiger partial charge in [-0.15, -0.1) is 11.6 Å². The maximum atomic E-state index is 5.94. The number of hydrogen-bond donors (Lipinski definition) is 0. The van der Waals surface area contributed by atoms with Crippen molar-refractivity contribution < 1.29 is 0 Å². The van der Waals surface area contributed by atoms with E-state index in [0.29, 0.717) is 11.3 Å². The maximum Gasteiger partial charge on any atom is 0.0476 e. The molecule has 3 rings (SSSR count). The van der Waals surface area contributed by atoms with Crippen molar-refractivity contribution in [1.29, 1.82) is 0 Å². The maximum absolute atomic E-state index is 5.94. The summed E-state index contributed by atoms with van der Waals surface area (Å²) in [6, 6.07) is 6.75. The van der Waals surface area contributed by atoms with E-state index >= 15 is 0 Å². The number of benzene rings is 1. The Balaban J connectivity index is 1.69. The van der Waals surface area contributed by atoms with Gasteiger partial charge in [0.15, 0.2) is 0 Å². The third-order valence-electron chi connectivity index (χ3n) is 5.32. The molecule has 2 fully saturated rings. The fraction of sp³-hybridized carbons (Fsp3) is 0.647. The van der Waals surface area contributed by atoms with Crippen LogP contribution in [0.3, 0.4) is 0 Å². The van der Waals surface area contributed by atoms with Crippen LogP contribution >= 0.6 is 11.6 Å². The highest BCUT2D eigenvalue weighted by Gasteiger charge is 2.36. The first kappa shape index (κ1) is 13.3. The standard InChI is InChI=1S/C17H24ClN/c1-14-12-16(5-4-15(14)13-18)19-10-8-17(9-11-19)6-2-3-7-17/h4-5,12H,2-3,6-11,13H2,1H3. The summed E-state index contributed by atoms with van der Waals surface area (Å²) in [6.45, 7) is 4.64. The smallest absolute Gasteiger partial charge is 0.0476 e. The zero-order chi connectivity index (χ0) is 13.3. The van der Waals surface area contributed by atoms with Gasteiger partial charge in [-0.25, -0.2) is 0 Å². The molecule has 0 atom stereocenters. The van der Waals surface area contributed by atoms with Crippen LogP contribution in [-0.2, 0) is 5.88 Å². The van der Waals surface area contributed by atoms with Crippen molar-refractivity contribution in [1.82, 2.24) is 0 Å². The molecule has 1 aliphatic carbocycles. The minimum atomic E-state index is 0.620. The van der Waals surface area contributed by atoms with Crippen molar-refractivity contribution in [2.24, 2.45) is 5.41 Å². The molecule has 1 aromatic rings. The molecule has 1 aromatic carbocycles. The van der Waals surface area contributed by atoms with Crippen molar-refractivity contribution in [3.8, 4) is 0 Å². The van der Waals surface area contributed by atoms with Crippen molar-refractivity contribution in [3.63, 3.8) is 0 Å². The molecule has 0 amide bonds. The molecule has 1 spiro atoms. The first-order valence-corrected chi connectivity index (χ1v) is 8.16. The van der Waals surface area contributed by atoms with E-state index in [4.69, 9.17) is 11.6 Å². The Morgan fingerprint density at radius 1 is 1.11 bits per heavy atom. The normalized spacial score (nSPS) is 22.1. The summed E-state index contributed by atoms with van der Waals surface area (Å²) in [6.07, 6.45) is 8.66. The zero-order valence-electron chi connectivity index (χ0n) is 11.9. The minimum Gasteiger partial charge on any atom is -0.371 e. The Kier molecular flexibility index (Phi) is 3.75. The molecule has 1 nitrogen and oxygen atoms in total. The number of halogens is 1. The van der Waals surface area contributed by atoms with Crippen LogP contribution in [-0.4, -0.2) is 13.1 Å². The van der Waals surface area contributed by atoms with Crippen molar-refractivity contribution in [2.75, 3.05) is 18.0 Å². The number of hydrogen-bond acceptors (Lipinski definition) is 1. The molecular formula is C17H24ClN. The van der Waals surface area contributed by atoms with E-state index < -0.39 is 0 Å². The van der Waals surface area contributed by atoms with Crippen LogP contribution in [0.25, 0.3) is 0 Å². The minimum absolute atomic E-state index is 0.620. The van der Waals surface area contributed by atoms with E-state index in [1.165, 1.54) is 68.4 Å². The van der Waals surface area contributed by atoms with Crippen molar-refractivity contribution in [3.05, 3.63) is 29.3 Å². The number of piperidine rings is 1. The lowest BCUT2D eigenvalue weighted by Crippen LogP contribution is -2.38. The van der Waals surface area contributed by atoms with Gasteiger partial charge in [0.1, 0.15) is 0 Å². The summed E-state index contributed by atoms with van der Waals surface area (Å²) >= 11 is 5.94.